The summed E-state index contributed by atoms with van der Waals surface area (Å²) in [5.74, 6) is 0.553. The van der Waals surface area contributed by atoms with Gasteiger partial charge in [-0.15, -0.1) is 0 Å². The number of rotatable bonds is 6. The van der Waals surface area contributed by atoms with Crippen LogP contribution < -0.4 is 0 Å². The Bertz CT molecular complexity index is 369. The molecule has 0 radical (unpaired) electrons. The fraction of sp³-hybridized carbons (Fsp3) is 0.467. The van der Waals surface area contributed by atoms with E-state index in [1.54, 1.807) is 0 Å². The minimum absolute atomic E-state index is 0.553. The Hall–Kier alpha value is -0.460. The summed E-state index contributed by atoms with van der Waals surface area (Å²) >= 11 is 12.0. The van der Waals surface area contributed by atoms with Crippen LogP contribution in [0.5, 0.6) is 0 Å². The molecule has 1 atom stereocenters. The molecule has 0 aliphatic heterocycles. The molecule has 94 valence electrons. The topological polar surface area (TPSA) is 0 Å². The highest BCUT2D eigenvalue weighted by molar-refractivity contribution is 6.42. The summed E-state index contributed by atoms with van der Waals surface area (Å²) < 4.78 is 0. The summed E-state index contributed by atoms with van der Waals surface area (Å²) in [5, 5.41) is 1.29. The van der Waals surface area contributed by atoms with Crippen molar-refractivity contribution in [2.75, 3.05) is 0 Å². The predicted molar refractivity (Wildman–Crippen MR) is 78.2 cm³/mol. The molecule has 0 aliphatic carbocycles. The minimum Gasteiger partial charge on any atom is -0.0888 e. The first-order valence-corrected chi connectivity index (χ1v) is 7.04. The van der Waals surface area contributed by atoms with Gasteiger partial charge in [0.2, 0.25) is 0 Å². The molecular formula is C15H20Cl2. The van der Waals surface area contributed by atoms with Gasteiger partial charge in [0.25, 0.3) is 0 Å². The van der Waals surface area contributed by atoms with Crippen molar-refractivity contribution >= 4 is 23.2 Å². The zero-order chi connectivity index (χ0) is 12.7. The summed E-state index contributed by atoms with van der Waals surface area (Å²) in [5.41, 5.74) is 1.29. The molecule has 2 heteroatoms. The van der Waals surface area contributed by atoms with Crippen LogP contribution in [-0.4, -0.2) is 0 Å². The van der Waals surface area contributed by atoms with Crippen molar-refractivity contribution < 1.29 is 0 Å². The first-order chi connectivity index (χ1) is 8.19. The van der Waals surface area contributed by atoms with E-state index in [1.807, 2.05) is 12.1 Å². The van der Waals surface area contributed by atoms with Gasteiger partial charge in [-0.25, -0.2) is 0 Å². The largest absolute Gasteiger partial charge is 0.0888 e. The van der Waals surface area contributed by atoms with Crippen molar-refractivity contribution in [1.82, 2.24) is 0 Å². The Balaban J connectivity index is 2.81. The molecule has 0 saturated heterocycles. The molecule has 1 aromatic rings. The zero-order valence-corrected chi connectivity index (χ0v) is 12.1. The maximum absolute atomic E-state index is 6.07. The molecular weight excluding hydrogens is 251 g/mol. The monoisotopic (exact) mass is 270 g/mol. The molecule has 0 bridgehead atoms. The highest BCUT2D eigenvalue weighted by Gasteiger charge is 2.10. The van der Waals surface area contributed by atoms with E-state index in [4.69, 9.17) is 23.2 Å². The van der Waals surface area contributed by atoms with Gasteiger partial charge in [-0.3, -0.25) is 0 Å². The summed E-state index contributed by atoms with van der Waals surface area (Å²) in [7, 11) is 0. The Morgan fingerprint density at radius 3 is 2.47 bits per heavy atom. The highest BCUT2D eigenvalue weighted by atomic mass is 35.5. The molecule has 0 amide bonds. The van der Waals surface area contributed by atoms with Gasteiger partial charge in [-0.05, 0) is 42.9 Å². The van der Waals surface area contributed by atoms with Gasteiger partial charge in [0.1, 0.15) is 0 Å². The average molecular weight is 271 g/mol. The van der Waals surface area contributed by atoms with Gasteiger partial charge < -0.3 is 0 Å². The third kappa shape index (κ3) is 4.73. The molecule has 0 aliphatic rings. The summed E-state index contributed by atoms with van der Waals surface area (Å²) in [6, 6.07) is 5.99. The Kier molecular flexibility index (Phi) is 6.69. The SMILES string of the molecule is CC/C=C\CC(CCC)c1ccc(Cl)c(Cl)c1. The second-order valence-corrected chi connectivity index (χ2v) is 5.09. The average Bonchev–Trinajstić information content (AvgIpc) is 2.32. The molecule has 1 aromatic carbocycles. The Morgan fingerprint density at radius 1 is 1.12 bits per heavy atom. The fourth-order valence-electron chi connectivity index (χ4n) is 1.96. The summed E-state index contributed by atoms with van der Waals surface area (Å²) in [4.78, 5) is 0. The van der Waals surface area contributed by atoms with Gasteiger partial charge in [0.05, 0.1) is 10.0 Å². The van der Waals surface area contributed by atoms with Crippen LogP contribution in [0.25, 0.3) is 0 Å². The second kappa shape index (κ2) is 7.79. The van der Waals surface area contributed by atoms with E-state index in [0.717, 1.165) is 12.8 Å². The standard InChI is InChI=1S/C15H20Cl2/c1-3-5-6-8-12(7-4-2)13-9-10-14(16)15(17)11-13/h5-6,9-12H,3-4,7-8H2,1-2H3/b6-5-. The molecule has 0 nitrogen and oxygen atoms in total. The van der Waals surface area contributed by atoms with Crippen LogP contribution in [0.3, 0.4) is 0 Å². The van der Waals surface area contributed by atoms with Crippen LogP contribution in [0.2, 0.25) is 10.0 Å². The minimum atomic E-state index is 0.553. The molecule has 0 N–H and O–H groups in total. The van der Waals surface area contributed by atoms with Gasteiger partial charge in [-0.1, -0.05) is 61.7 Å². The zero-order valence-electron chi connectivity index (χ0n) is 10.5. The van der Waals surface area contributed by atoms with E-state index >= 15 is 0 Å². The van der Waals surface area contributed by atoms with Gasteiger partial charge in [0.15, 0.2) is 0 Å². The normalized spacial score (nSPS) is 13.2. The molecule has 0 aromatic heterocycles. The number of hydrogen-bond donors (Lipinski definition) is 0. The smallest absolute Gasteiger partial charge is 0.0595 e. The molecule has 1 unspecified atom stereocenters. The van der Waals surface area contributed by atoms with Crippen LogP contribution in [0, 0.1) is 0 Å². The maximum atomic E-state index is 6.07. The third-order valence-electron chi connectivity index (χ3n) is 2.88. The van der Waals surface area contributed by atoms with Crippen LogP contribution in [0.4, 0.5) is 0 Å². The number of benzene rings is 1. The van der Waals surface area contributed by atoms with Crippen molar-refractivity contribution in [2.24, 2.45) is 0 Å². The summed E-state index contributed by atoms with van der Waals surface area (Å²) in [6.07, 6.45) is 9.04. The number of hydrogen-bond acceptors (Lipinski definition) is 0. The van der Waals surface area contributed by atoms with Gasteiger partial charge in [0, 0.05) is 0 Å². The van der Waals surface area contributed by atoms with E-state index < -0.39 is 0 Å². The van der Waals surface area contributed by atoms with E-state index in [9.17, 15) is 0 Å². The van der Waals surface area contributed by atoms with Crippen LogP contribution in [0.15, 0.2) is 30.4 Å². The van der Waals surface area contributed by atoms with Crippen molar-refractivity contribution in [2.45, 2.75) is 45.4 Å². The number of halogens is 2. The van der Waals surface area contributed by atoms with Gasteiger partial charge >= 0.3 is 0 Å². The van der Waals surface area contributed by atoms with Crippen molar-refractivity contribution in [3.05, 3.63) is 46.0 Å². The predicted octanol–water partition coefficient (Wildman–Crippen LogP) is 6.23. The van der Waals surface area contributed by atoms with E-state index in [0.29, 0.717) is 16.0 Å². The quantitative estimate of drug-likeness (QED) is 0.538. The van der Waals surface area contributed by atoms with Crippen LogP contribution in [-0.2, 0) is 0 Å². The first-order valence-electron chi connectivity index (χ1n) is 6.29. The van der Waals surface area contributed by atoms with Gasteiger partial charge in [-0.2, -0.15) is 0 Å². The maximum Gasteiger partial charge on any atom is 0.0595 e. The molecule has 0 fully saturated rings. The van der Waals surface area contributed by atoms with Crippen molar-refractivity contribution in [1.29, 1.82) is 0 Å². The molecule has 1 rings (SSSR count). The first kappa shape index (κ1) is 14.6. The lowest BCUT2D eigenvalue weighted by Gasteiger charge is -2.15. The lowest BCUT2D eigenvalue weighted by atomic mass is 9.91. The summed E-state index contributed by atoms with van der Waals surface area (Å²) in [6.45, 7) is 4.37. The molecule has 17 heavy (non-hydrogen) atoms. The molecule has 0 saturated carbocycles. The third-order valence-corrected chi connectivity index (χ3v) is 3.61. The Morgan fingerprint density at radius 2 is 1.88 bits per heavy atom. The second-order valence-electron chi connectivity index (χ2n) is 4.27. The Labute approximate surface area is 115 Å². The highest BCUT2D eigenvalue weighted by Crippen LogP contribution is 2.30. The van der Waals surface area contributed by atoms with E-state index in [2.05, 4.69) is 32.1 Å². The van der Waals surface area contributed by atoms with Crippen molar-refractivity contribution in [3.63, 3.8) is 0 Å². The van der Waals surface area contributed by atoms with Crippen LogP contribution in [0.1, 0.15) is 51.0 Å². The lowest BCUT2D eigenvalue weighted by molar-refractivity contribution is 0.620. The lowest BCUT2D eigenvalue weighted by Crippen LogP contribution is -1.97. The van der Waals surface area contributed by atoms with E-state index in [1.165, 1.54) is 18.4 Å². The fourth-order valence-corrected chi connectivity index (χ4v) is 2.27. The van der Waals surface area contributed by atoms with Crippen LogP contribution >= 0.6 is 23.2 Å². The van der Waals surface area contributed by atoms with Crippen molar-refractivity contribution in [3.8, 4) is 0 Å². The molecule has 0 spiro atoms. The number of allylic oxidation sites excluding steroid dienone is 2. The molecule has 0 heterocycles. The van der Waals surface area contributed by atoms with E-state index in [-0.39, 0.29) is 0 Å².